The van der Waals surface area contributed by atoms with Crippen LogP contribution in [0.4, 0.5) is 0 Å². The molecule has 0 bridgehead atoms. The highest BCUT2D eigenvalue weighted by atomic mass is 16.3. The average molecular weight is 207 g/mol. The topological polar surface area (TPSA) is 32.3 Å². The van der Waals surface area contributed by atoms with Gasteiger partial charge < -0.3 is 10.4 Å². The van der Waals surface area contributed by atoms with Crippen molar-refractivity contribution in [2.24, 2.45) is 5.92 Å². The van der Waals surface area contributed by atoms with Gasteiger partial charge in [-0.2, -0.15) is 0 Å². The molecular weight excluding hydrogens is 186 g/mol. The summed E-state index contributed by atoms with van der Waals surface area (Å²) >= 11 is 0. The van der Waals surface area contributed by atoms with Gasteiger partial charge in [0.15, 0.2) is 0 Å². The predicted octanol–water partition coefficient (Wildman–Crippen LogP) is 2.36. The highest BCUT2D eigenvalue weighted by molar-refractivity contribution is 5.18. The smallest absolute Gasteiger partial charge is 0.0449 e. The van der Waals surface area contributed by atoms with Crippen LogP contribution in [0.25, 0.3) is 0 Å². The molecule has 15 heavy (non-hydrogen) atoms. The van der Waals surface area contributed by atoms with E-state index in [-0.39, 0.29) is 12.6 Å². The van der Waals surface area contributed by atoms with Crippen LogP contribution in [0.5, 0.6) is 0 Å². The Labute approximate surface area is 92.3 Å². The van der Waals surface area contributed by atoms with Gasteiger partial charge >= 0.3 is 0 Å². The third-order valence-electron chi connectivity index (χ3n) is 2.39. The number of aliphatic hydroxyl groups is 1. The minimum Gasteiger partial charge on any atom is -0.396 e. The van der Waals surface area contributed by atoms with Gasteiger partial charge in [-0.25, -0.2) is 0 Å². The van der Waals surface area contributed by atoms with Crippen LogP contribution < -0.4 is 5.32 Å². The van der Waals surface area contributed by atoms with Crippen LogP contribution in [0.2, 0.25) is 0 Å². The predicted molar refractivity (Wildman–Crippen MR) is 63.7 cm³/mol. The Morgan fingerprint density at radius 3 is 2.40 bits per heavy atom. The molecule has 2 heteroatoms. The van der Waals surface area contributed by atoms with Crippen molar-refractivity contribution in [3.05, 3.63) is 35.9 Å². The van der Waals surface area contributed by atoms with E-state index in [4.69, 9.17) is 5.11 Å². The Kier molecular flexibility index (Phi) is 5.37. The summed E-state index contributed by atoms with van der Waals surface area (Å²) in [5.41, 5.74) is 1.26. The van der Waals surface area contributed by atoms with E-state index in [0.29, 0.717) is 5.92 Å². The first-order chi connectivity index (χ1) is 7.24. The second-order valence-corrected chi connectivity index (χ2v) is 4.28. The number of hydrogen-bond acceptors (Lipinski definition) is 2. The van der Waals surface area contributed by atoms with E-state index in [1.807, 2.05) is 18.2 Å². The van der Waals surface area contributed by atoms with E-state index in [2.05, 4.69) is 31.3 Å². The van der Waals surface area contributed by atoms with Crippen molar-refractivity contribution in [3.63, 3.8) is 0 Å². The third-order valence-corrected chi connectivity index (χ3v) is 2.39. The fourth-order valence-corrected chi connectivity index (χ4v) is 1.58. The third kappa shape index (κ3) is 4.45. The van der Waals surface area contributed by atoms with Crippen LogP contribution in [0.15, 0.2) is 30.3 Å². The van der Waals surface area contributed by atoms with Crippen LogP contribution in [0.3, 0.4) is 0 Å². The summed E-state index contributed by atoms with van der Waals surface area (Å²) in [4.78, 5) is 0. The van der Waals surface area contributed by atoms with Crippen LogP contribution in [-0.2, 0) is 0 Å². The molecule has 0 aromatic heterocycles. The van der Waals surface area contributed by atoms with Crippen LogP contribution in [0, 0.1) is 5.92 Å². The van der Waals surface area contributed by atoms with Crippen molar-refractivity contribution in [1.82, 2.24) is 5.32 Å². The Hall–Kier alpha value is -0.860. The summed E-state index contributed by atoms with van der Waals surface area (Å²) in [6.07, 6.45) is 0.775. The van der Waals surface area contributed by atoms with E-state index in [9.17, 15) is 0 Å². The molecule has 0 aliphatic carbocycles. The molecule has 0 spiro atoms. The van der Waals surface area contributed by atoms with E-state index in [1.165, 1.54) is 5.56 Å². The average Bonchev–Trinajstić information content (AvgIpc) is 2.25. The standard InChI is InChI=1S/C13H21NO/c1-11(2)10-14-13(8-9-15)12-6-4-3-5-7-12/h3-7,11,13-15H,8-10H2,1-2H3/t13-/m1/s1. The molecule has 0 aliphatic heterocycles. The van der Waals surface area contributed by atoms with Crippen LogP contribution >= 0.6 is 0 Å². The molecule has 1 rings (SSSR count). The Morgan fingerprint density at radius 2 is 1.87 bits per heavy atom. The molecule has 0 amide bonds. The summed E-state index contributed by atoms with van der Waals surface area (Å²) in [5, 5.41) is 12.5. The zero-order chi connectivity index (χ0) is 11.1. The number of hydrogen-bond donors (Lipinski definition) is 2. The molecule has 2 N–H and O–H groups in total. The van der Waals surface area contributed by atoms with Crippen molar-refractivity contribution in [2.75, 3.05) is 13.2 Å². The first-order valence-corrected chi connectivity index (χ1v) is 5.63. The number of benzene rings is 1. The van der Waals surface area contributed by atoms with Crippen molar-refractivity contribution in [1.29, 1.82) is 0 Å². The lowest BCUT2D eigenvalue weighted by atomic mass is 10.0. The fraction of sp³-hybridized carbons (Fsp3) is 0.538. The normalized spacial score (nSPS) is 13.1. The number of nitrogens with one attached hydrogen (secondary N) is 1. The Morgan fingerprint density at radius 1 is 1.20 bits per heavy atom. The van der Waals surface area contributed by atoms with Gasteiger partial charge in [-0.3, -0.25) is 0 Å². The maximum Gasteiger partial charge on any atom is 0.0449 e. The first kappa shape index (κ1) is 12.2. The minimum absolute atomic E-state index is 0.227. The first-order valence-electron chi connectivity index (χ1n) is 5.63. The van der Waals surface area contributed by atoms with Gasteiger partial charge in [0.1, 0.15) is 0 Å². The van der Waals surface area contributed by atoms with E-state index in [0.717, 1.165) is 13.0 Å². The highest BCUT2D eigenvalue weighted by Crippen LogP contribution is 2.16. The van der Waals surface area contributed by atoms with Crippen LogP contribution in [0.1, 0.15) is 31.9 Å². The molecule has 0 radical (unpaired) electrons. The largest absolute Gasteiger partial charge is 0.396 e. The van der Waals surface area contributed by atoms with Crippen molar-refractivity contribution in [2.45, 2.75) is 26.3 Å². The zero-order valence-electron chi connectivity index (χ0n) is 9.61. The molecule has 2 nitrogen and oxygen atoms in total. The molecule has 1 aromatic carbocycles. The van der Waals surface area contributed by atoms with Gasteiger partial charge in [0.25, 0.3) is 0 Å². The summed E-state index contributed by atoms with van der Waals surface area (Å²) in [5.74, 6) is 0.634. The molecule has 1 aromatic rings. The number of aliphatic hydroxyl groups excluding tert-OH is 1. The second kappa shape index (κ2) is 6.59. The molecule has 0 fully saturated rings. The fourth-order valence-electron chi connectivity index (χ4n) is 1.58. The number of rotatable bonds is 6. The lowest BCUT2D eigenvalue weighted by molar-refractivity contribution is 0.263. The molecule has 0 saturated carbocycles. The molecule has 84 valence electrons. The summed E-state index contributed by atoms with van der Waals surface area (Å²) < 4.78 is 0. The van der Waals surface area contributed by atoms with Gasteiger partial charge in [-0.05, 0) is 24.4 Å². The van der Waals surface area contributed by atoms with E-state index < -0.39 is 0 Å². The second-order valence-electron chi connectivity index (χ2n) is 4.28. The van der Waals surface area contributed by atoms with Gasteiger partial charge in [-0.15, -0.1) is 0 Å². The quantitative estimate of drug-likeness (QED) is 0.750. The van der Waals surface area contributed by atoms with Crippen LogP contribution in [-0.4, -0.2) is 18.3 Å². The van der Waals surface area contributed by atoms with Gasteiger partial charge in [-0.1, -0.05) is 44.2 Å². The van der Waals surface area contributed by atoms with Crippen molar-refractivity contribution in [3.8, 4) is 0 Å². The Balaban J connectivity index is 2.57. The monoisotopic (exact) mass is 207 g/mol. The maximum atomic E-state index is 9.02. The maximum absolute atomic E-state index is 9.02. The highest BCUT2D eigenvalue weighted by Gasteiger charge is 2.09. The molecule has 0 unspecified atom stereocenters. The van der Waals surface area contributed by atoms with Crippen molar-refractivity contribution < 1.29 is 5.11 Å². The molecule has 0 aliphatic rings. The minimum atomic E-state index is 0.227. The molecule has 1 atom stereocenters. The van der Waals surface area contributed by atoms with Gasteiger partial charge in [0.2, 0.25) is 0 Å². The summed E-state index contributed by atoms with van der Waals surface area (Å²) in [6.45, 7) is 5.59. The van der Waals surface area contributed by atoms with Gasteiger partial charge in [0, 0.05) is 12.6 Å². The lowest BCUT2D eigenvalue weighted by Gasteiger charge is -2.19. The summed E-state index contributed by atoms with van der Waals surface area (Å²) in [6, 6.07) is 10.6. The Bertz CT molecular complexity index is 258. The molecule has 0 heterocycles. The van der Waals surface area contributed by atoms with E-state index >= 15 is 0 Å². The SMILES string of the molecule is CC(C)CN[C@H](CCO)c1ccccc1. The lowest BCUT2D eigenvalue weighted by Crippen LogP contribution is -2.26. The zero-order valence-corrected chi connectivity index (χ0v) is 9.61. The van der Waals surface area contributed by atoms with E-state index in [1.54, 1.807) is 0 Å². The van der Waals surface area contributed by atoms with Gasteiger partial charge in [0.05, 0.1) is 0 Å². The van der Waals surface area contributed by atoms with Crippen molar-refractivity contribution >= 4 is 0 Å². The summed E-state index contributed by atoms with van der Waals surface area (Å²) in [7, 11) is 0. The molecule has 0 saturated heterocycles. The molecular formula is C13H21NO.